The molecule has 0 radical (unpaired) electrons. The molecule has 2 aliphatic rings. The van der Waals surface area contributed by atoms with Gasteiger partial charge in [0, 0.05) is 13.2 Å². The molecule has 4 rings (SSSR count). The average molecular weight is 494 g/mol. The Balaban J connectivity index is 1.60. The number of fused-ring (bicyclic) bond motifs is 2. The van der Waals surface area contributed by atoms with E-state index in [1.165, 1.54) is 0 Å². The van der Waals surface area contributed by atoms with Gasteiger partial charge in [0.1, 0.15) is 23.8 Å². The van der Waals surface area contributed by atoms with E-state index in [2.05, 4.69) is 43.8 Å². The minimum atomic E-state index is -1.96. The van der Waals surface area contributed by atoms with Gasteiger partial charge in [-0.25, -0.2) is 9.97 Å². The molecule has 0 unspecified atom stereocenters. The largest absolute Gasteiger partial charge is 0.414 e. The first-order chi connectivity index (χ1) is 15.8. The number of rotatable bonds is 8. The molecule has 34 heavy (non-hydrogen) atoms. The Labute approximate surface area is 201 Å². The number of hydrogen-bond acceptors (Lipinski definition) is 8. The van der Waals surface area contributed by atoms with Crippen molar-refractivity contribution in [3.8, 4) is 0 Å². The number of aliphatic hydroxyl groups excluding tert-OH is 1. The third-order valence-corrected chi connectivity index (χ3v) is 11.7. The van der Waals surface area contributed by atoms with Crippen molar-refractivity contribution in [1.29, 1.82) is 5.41 Å². The maximum Gasteiger partial charge on any atom is 0.192 e. The van der Waals surface area contributed by atoms with Crippen LogP contribution in [0, 0.1) is 5.41 Å². The normalized spacial score (nSPS) is 26.9. The molecule has 0 aromatic carbocycles. The Hall–Kier alpha value is -1.63. The summed E-state index contributed by atoms with van der Waals surface area (Å²) in [5.41, 5.74) is 1.37. The maximum absolute atomic E-state index is 9.04. The van der Waals surface area contributed by atoms with E-state index in [1.54, 1.807) is 17.2 Å². The number of nitrogens with zero attached hydrogens (tertiary/aromatic N) is 4. The van der Waals surface area contributed by atoms with E-state index in [0.29, 0.717) is 30.7 Å². The third kappa shape index (κ3) is 4.74. The van der Waals surface area contributed by atoms with Gasteiger partial charge in [0.25, 0.3) is 0 Å². The molecule has 0 amide bonds. The second-order valence-corrected chi connectivity index (χ2v) is 16.1. The first kappa shape index (κ1) is 25.5. The fourth-order valence-electron chi connectivity index (χ4n) is 4.24. The Morgan fingerprint density at radius 2 is 1.85 bits per heavy atom. The standard InChI is InChI=1S/C23H39N5O5Si/c1-22(2,3)34(6,7)30-12-15-17-18(33-23(4,5)32-17)21(31-15)28-14-25-16-19(24)27(10-8-9-11-29)13-26-20(16)28/h13-15,17-18,21,24,29H,8-12H2,1-7H3/t15-,17-,18-,21-/m1/s1. The first-order valence-electron chi connectivity index (χ1n) is 12.1. The zero-order chi connectivity index (χ0) is 24.9. The van der Waals surface area contributed by atoms with Crippen molar-refractivity contribution in [3.05, 3.63) is 18.1 Å². The molecular weight excluding hydrogens is 454 g/mol. The van der Waals surface area contributed by atoms with Crippen molar-refractivity contribution in [3.63, 3.8) is 0 Å². The lowest BCUT2D eigenvalue weighted by molar-refractivity contribution is -0.199. The highest BCUT2D eigenvalue weighted by molar-refractivity contribution is 6.74. The van der Waals surface area contributed by atoms with Crippen LogP contribution in [0.25, 0.3) is 11.2 Å². The van der Waals surface area contributed by atoms with E-state index in [1.807, 2.05) is 18.4 Å². The van der Waals surface area contributed by atoms with Gasteiger partial charge in [0.15, 0.2) is 31.5 Å². The summed E-state index contributed by atoms with van der Waals surface area (Å²) in [7, 11) is -1.96. The monoisotopic (exact) mass is 493 g/mol. The van der Waals surface area contributed by atoms with Crippen LogP contribution >= 0.6 is 0 Å². The minimum Gasteiger partial charge on any atom is -0.414 e. The van der Waals surface area contributed by atoms with Gasteiger partial charge in [-0.2, -0.15) is 0 Å². The van der Waals surface area contributed by atoms with Gasteiger partial charge in [-0.1, -0.05) is 20.8 Å². The van der Waals surface area contributed by atoms with Gasteiger partial charge < -0.3 is 28.3 Å². The summed E-state index contributed by atoms with van der Waals surface area (Å²) in [6.45, 7) is 16.1. The summed E-state index contributed by atoms with van der Waals surface area (Å²) in [4.78, 5) is 9.09. The molecule has 10 nitrogen and oxygen atoms in total. The van der Waals surface area contributed by atoms with Gasteiger partial charge in [0.2, 0.25) is 0 Å². The van der Waals surface area contributed by atoms with E-state index < -0.39 is 20.3 Å². The Morgan fingerprint density at radius 1 is 1.15 bits per heavy atom. The molecule has 2 aromatic rings. The third-order valence-electron chi connectivity index (χ3n) is 7.22. The first-order valence-corrected chi connectivity index (χ1v) is 15.0. The summed E-state index contributed by atoms with van der Waals surface area (Å²) in [5, 5.41) is 17.7. The van der Waals surface area contributed by atoms with Crippen LogP contribution in [-0.2, 0) is 25.2 Å². The van der Waals surface area contributed by atoms with Crippen molar-refractivity contribution >= 4 is 19.5 Å². The number of imidazole rings is 1. The highest BCUT2D eigenvalue weighted by Crippen LogP contribution is 2.44. The van der Waals surface area contributed by atoms with E-state index in [9.17, 15) is 0 Å². The fourth-order valence-corrected chi connectivity index (χ4v) is 5.26. The highest BCUT2D eigenvalue weighted by Gasteiger charge is 2.56. The zero-order valence-corrected chi connectivity index (χ0v) is 22.4. The predicted molar refractivity (Wildman–Crippen MR) is 129 cm³/mol. The van der Waals surface area contributed by atoms with E-state index in [0.717, 1.165) is 6.42 Å². The molecular formula is C23H39N5O5Si. The lowest BCUT2D eigenvalue weighted by Crippen LogP contribution is -2.44. The number of aromatic nitrogens is 4. The summed E-state index contributed by atoms with van der Waals surface area (Å²) >= 11 is 0. The fraction of sp³-hybridized carbons (Fsp3) is 0.783. The molecule has 0 saturated carbocycles. The second-order valence-electron chi connectivity index (χ2n) is 11.2. The zero-order valence-electron chi connectivity index (χ0n) is 21.4. The van der Waals surface area contributed by atoms with Crippen molar-refractivity contribution in [2.75, 3.05) is 13.2 Å². The van der Waals surface area contributed by atoms with Crippen LogP contribution in [-0.4, -0.2) is 69.8 Å². The van der Waals surface area contributed by atoms with E-state index >= 15 is 0 Å². The van der Waals surface area contributed by atoms with Gasteiger partial charge in [-0.05, 0) is 44.8 Å². The van der Waals surface area contributed by atoms with Gasteiger partial charge in [-0.3, -0.25) is 9.98 Å². The Kier molecular flexibility index (Phi) is 6.82. The van der Waals surface area contributed by atoms with Crippen LogP contribution in [0.4, 0.5) is 0 Å². The molecule has 0 spiro atoms. The van der Waals surface area contributed by atoms with Crippen LogP contribution in [0.5, 0.6) is 0 Å². The number of aliphatic hydroxyl groups is 1. The van der Waals surface area contributed by atoms with E-state index in [-0.39, 0.29) is 35.4 Å². The molecule has 0 bridgehead atoms. The quantitative estimate of drug-likeness (QED) is 0.429. The van der Waals surface area contributed by atoms with Crippen molar-refractivity contribution in [2.24, 2.45) is 0 Å². The van der Waals surface area contributed by atoms with Crippen molar-refractivity contribution in [2.45, 2.75) is 102 Å². The van der Waals surface area contributed by atoms with Crippen LogP contribution in [0.1, 0.15) is 53.7 Å². The molecule has 0 aliphatic carbocycles. The summed E-state index contributed by atoms with van der Waals surface area (Å²) in [5.74, 6) is -0.729. The van der Waals surface area contributed by atoms with Crippen LogP contribution < -0.4 is 5.49 Å². The summed E-state index contributed by atoms with van der Waals surface area (Å²) in [6.07, 6.45) is 3.39. The molecule has 4 heterocycles. The molecule has 2 saturated heterocycles. The summed E-state index contributed by atoms with van der Waals surface area (Å²) < 4.78 is 29.1. The average Bonchev–Trinajstić information content (AvgIpc) is 3.38. The van der Waals surface area contributed by atoms with Gasteiger partial charge in [0.05, 0.1) is 19.3 Å². The molecule has 190 valence electrons. The SMILES string of the molecule is CC1(C)O[C@@H]2[C@H](O1)[C@@H](CO[Si](C)(C)C(C)(C)C)O[C@H]2n1cnc2c(=N)n(CCCCO)cnc21. The Bertz CT molecular complexity index is 1080. The number of ether oxygens (including phenoxy) is 3. The van der Waals surface area contributed by atoms with Crippen LogP contribution in [0.15, 0.2) is 12.7 Å². The number of aryl methyl sites for hydroxylation is 1. The Morgan fingerprint density at radius 3 is 2.53 bits per heavy atom. The topological polar surface area (TPSA) is 117 Å². The molecule has 2 fully saturated rings. The molecule has 2 aliphatic heterocycles. The van der Waals surface area contributed by atoms with Gasteiger partial charge >= 0.3 is 0 Å². The highest BCUT2D eigenvalue weighted by atomic mass is 28.4. The second kappa shape index (κ2) is 9.10. The molecule has 4 atom stereocenters. The lowest BCUT2D eigenvalue weighted by atomic mass is 10.1. The molecule has 11 heteroatoms. The number of hydrogen-bond donors (Lipinski definition) is 2. The number of nitrogens with one attached hydrogen (secondary N) is 1. The summed E-state index contributed by atoms with van der Waals surface area (Å²) in [6, 6.07) is 0. The predicted octanol–water partition coefficient (Wildman–Crippen LogP) is 2.92. The van der Waals surface area contributed by atoms with Crippen molar-refractivity contribution < 1.29 is 23.7 Å². The van der Waals surface area contributed by atoms with Crippen molar-refractivity contribution in [1.82, 2.24) is 19.1 Å². The molecule has 2 aromatic heterocycles. The maximum atomic E-state index is 9.04. The van der Waals surface area contributed by atoms with Crippen LogP contribution in [0.2, 0.25) is 18.1 Å². The van der Waals surface area contributed by atoms with Crippen LogP contribution in [0.3, 0.4) is 0 Å². The van der Waals surface area contributed by atoms with Gasteiger partial charge in [-0.15, -0.1) is 0 Å². The van der Waals surface area contributed by atoms with E-state index in [4.69, 9.17) is 29.2 Å². The number of unbranched alkanes of at least 4 members (excludes halogenated alkanes) is 1. The minimum absolute atomic E-state index is 0.0955. The lowest BCUT2D eigenvalue weighted by Gasteiger charge is -2.37. The molecule has 2 N–H and O–H groups in total. The smallest absolute Gasteiger partial charge is 0.192 e.